The van der Waals surface area contributed by atoms with E-state index in [0.29, 0.717) is 23.7 Å². The molecule has 0 N–H and O–H groups in total. The van der Waals surface area contributed by atoms with Gasteiger partial charge in [0, 0.05) is 23.0 Å². The molecule has 0 saturated heterocycles. The van der Waals surface area contributed by atoms with Crippen molar-refractivity contribution in [3.05, 3.63) is 87.9 Å². The van der Waals surface area contributed by atoms with E-state index in [0.717, 1.165) is 22.6 Å². The molecule has 0 spiro atoms. The summed E-state index contributed by atoms with van der Waals surface area (Å²) in [5.74, 6) is 0.814. The minimum atomic E-state index is -0.0952. The maximum atomic E-state index is 12.9. The molecular formula is C21H18ClN3O2. The quantitative estimate of drug-likeness (QED) is 0.520. The summed E-state index contributed by atoms with van der Waals surface area (Å²) in [6, 6.07) is 17.0. The molecule has 0 aliphatic heterocycles. The summed E-state index contributed by atoms with van der Waals surface area (Å²) in [6.07, 6.45) is 3.53. The Bertz CT molecular complexity index is 1150. The van der Waals surface area contributed by atoms with Gasteiger partial charge in [-0.2, -0.15) is 5.10 Å². The Hall–Kier alpha value is -3.05. The van der Waals surface area contributed by atoms with Crippen LogP contribution in [0.4, 0.5) is 0 Å². The van der Waals surface area contributed by atoms with Crippen LogP contribution in [0.5, 0.6) is 5.75 Å². The largest absolute Gasteiger partial charge is 0.494 e. The minimum Gasteiger partial charge on any atom is -0.494 e. The number of halogens is 1. The van der Waals surface area contributed by atoms with Crippen molar-refractivity contribution < 1.29 is 4.74 Å². The highest BCUT2D eigenvalue weighted by Crippen LogP contribution is 2.22. The number of fused-ring (bicyclic) bond motifs is 1. The summed E-state index contributed by atoms with van der Waals surface area (Å²) < 4.78 is 8.74. The van der Waals surface area contributed by atoms with E-state index in [1.54, 1.807) is 21.5 Å². The fourth-order valence-corrected chi connectivity index (χ4v) is 3.23. The lowest BCUT2D eigenvalue weighted by molar-refractivity contribution is 0.340. The molecule has 0 amide bonds. The number of hydrogen-bond acceptors (Lipinski definition) is 3. The van der Waals surface area contributed by atoms with Crippen LogP contribution in [0, 0.1) is 0 Å². The standard InChI is InChI=1S/C21H18ClN3O2/c1-2-27-18-8-6-16(7-9-18)19-13-20-21(26)24(10-11-25(20)23-19)14-15-4-3-5-17(22)12-15/h3-13H,2,14H2,1H3. The highest BCUT2D eigenvalue weighted by atomic mass is 35.5. The number of hydrogen-bond donors (Lipinski definition) is 0. The van der Waals surface area contributed by atoms with Crippen LogP contribution in [-0.4, -0.2) is 20.8 Å². The molecule has 0 unspecified atom stereocenters. The van der Waals surface area contributed by atoms with Crippen LogP contribution < -0.4 is 10.3 Å². The fourth-order valence-electron chi connectivity index (χ4n) is 3.01. The third-order valence-electron chi connectivity index (χ3n) is 4.31. The SMILES string of the molecule is CCOc1ccc(-c2cc3c(=O)n(Cc4cccc(Cl)c4)ccn3n2)cc1. The van der Waals surface area contributed by atoms with Gasteiger partial charge in [0.05, 0.1) is 18.8 Å². The van der Waals surface area contributed by atoms with E-state index in [4.69, 9.17) is 16.3 Å². The minimum absolute atomic E-state index is 0.0952. The van der Waals surface area contributed by atoms with Gasteiger partial charge in [-0.25, -0.2) is 4.52 Å². The summed E-state index contributed by atoms with van der Waals surface area (Å²) in [7, 11) is 0. The molecule has 27 heavy (non-hydrogen) atoms. The molecule has 4 aromatic rings. The highest BCUT2D eigenvalue weighted by Gasteiger charge is 2.10. The number of benzene rings is 2. The summed E-state index contributed by atoms with van der Waals surface area (Å²) in [4.78, 5) is 12.9. The first kappa shape index (κ1) is 17.4. The van der Waals surface area contributed by atoms with E-state index >= 15 is 0 Å². The molecule has 2 aromatic carbocycles. The van der Waals surface area contributed by atoms with Gasteiger partial charge in [0.15, 0.2) is 0 Å². The molecule has 136 valence electrons. The van der Waals surface area contributed by atoms with Gasteiger partial charge in [0.25, 0.3) is 5.56 Å². The zero-order valence-corrected chi connectivity index (χ0v) is 15.6. The van der Waals surface area contributed by atoms with E-state index in [1.165, 1.54) is 0 Å². The molecule has 0 radical (unpaired) electrons. The number of rotatable bonds is 5. The predicted molar refractivity (Wildman–Crippen MR) is 107 cm³/mol. The smallest absolute Gasteiger partial charge is 0.276 e. The average molecular weight is 380 g/mol. The fraction of sp³-hybridized carbons (Fsp3) is 0.143. The van der Waals surface area contributed by atoms with Gasteiger partial charge in [-0.3, -0.25) is 4.79 Å². The summed E-state index contributed by atoms with van der Waals surface area (Å²) >= 11 is 6.04. The van der Waals surface area contributed by atoms with E-state index in [9.17, 15) is 4.79 Å². The van der Waals surface area contributed by atoms with Gasteiger partial charge in [-0.1, -0.05) is 23.7 Å². The van der Waals surface area contributed by atoms with Gasteiger partial charge in [0.2, 0.25) is 0 Å². The van der Waals surface area contributed by atoms with Crippen molar-refractivity contribution in [2.75, 3.05) is 6.61 Å². The molecule has 0 aliphatic carbocycles. The van der Waals surface area contributed by atoms with Crippen LogP contribution in [0.15, 0.2) is 71.8 Å². The molecule has 2 heterocycles. The van der Waals surface area contributed by atoms with E-state index in [2.05, 4.69) is 5.10 Å². The molecule has 2 aromatic heterocycles. The number of nitrogens with zero attached hydrogens (tertiary/aromatic N) is 3. The normalized spacial score (nSPS) is 11.0. The Balaban J connectivity index is 1.68. The second kappa shape index (κ2) is 7.29. The topological polar surface area (TPSA) is 48.5 Å². The highest BCUT2D eigenvalue weighted by molar-refractivity contribution is 6.30. The Morgan fingerprint density at radius 2 is 1.89 bits per heavy atom. The summed E-state index contributed by atoms with van der Waals surface area (Å²) in [5, 5.41) is 5.18. The van der Waals surface area contributed by atoms with Gasteiger partial charge in [-0.15, -0.1) is 0 Å². The van der Waals surface area contributed by atoms with Gasteiger partial charge in [0.1, 0.15) is 11.3 Å². The van der Waals surface area contributed by atoms with Crippen molar-refractivity contribution in [3.63, 3.8) is 0 Å². The van der Waals surface area contributed by atoms with Crippen molar-refractivity contribution in [3.8, 4) is 17.0 Å². The van der Waals surface area contributed by atoms with Crippen molar-refractivity contribution in [1.82, 2.24) is 14.2 Å². The third-order valence-corrected chi connectivity index (χ3v) is 4.54. The Morgan fingerprint density at radius 1 is 1.07 bits per heavy atom. The first-order chi connectivity index (χ1) is 13.1. The molecule has 0 saturated carbocycles. The molecule has 5 nitrogen and oxygen atoms in total. The maximum Gasteiger partial charge on any atom is 0.276 e. The zero-order chi connectivity index (χ0) is 18.8. The van der Waals surface area contributed by atoms with Gasteiger partial charge < -0.3 is 9.30 Å². The van der Waals surface area contributed by atoms with Crippen LogP contribution in [0.3, 0.4) is 0 Å². The van der Waals surface area contributed by atoms with Gasteiger partial charge in [-0.05, 0) is 55.0 Å². The molecular weight excluding hydrogens is 362 g/mol. The van der Waals surface area contributed by atoms with Crippen molar-refractivity contribution >= 4 is 17.1 Å². The van der Waals surface area contributed by atoms with Crippen LogP contribution in [0.2, 0.25) is 5.02 Å². The first-order valence-electron chi connectivity index (χ1n) is 8.70. The van der Waals surface area contributed by atoms with Gasteiger partial charge >= 0.3 is 0 Å². The first-order valence-corrected chi connectivity index (χ1v) is 9.08. The average Bonchev–Trinajstić information content (AvgIpc) is 3.10. The summed E-state index contributed by atoms with van der Waals surface area (Å²) in [5.41, 5.74) is 3.09. The summed E-state index contributed by atoms with van der Waals surface area (Å²) in [6.45, 7) is 3.03. The number of aromatic nitrogens is 3. The molecule has 0 fully saturated rings. The van der Waals surface area contributed by atoms with Crippen molar-refractivity contribution in [1.29, 1.82) is 0 Å². The van der Waals surface area contributed by atoms with Crippen molar-refractivity contribution in [2.24, 2.45) is 0 Å². The molecule has 6 heteroatoms. The van der Waals surface area contributed by atoms with E-state index < -0.39 is 0 Å². The molecule has 0 aliphatic rings. The van der Waals surface area contributed by atoms with Crippen LogP contribution in [0.25, 0.3) is 16.8 Å². The maximum absolute atomic E-state index is 12.9. The van der Waals surface area contributed by atoms with E-state index in [1.807, 2.05) is 61.5 Å². The second-order valence-electron chi connectivity index (χ2n) is 6.18. The van der Waals surface area contributed by atoms with E-state index in [-0.39, 0.29) is 5.56 Å². The Morgan fingerprint density at radius 3 is 2.63 bits per heavy atom. The van der Waals surface area contributed by atoms with Crippen LogP contribution >= 0.6 is 11.6 Å². The lowest BCUT2D eigenvalue weighted by atomic mass is 10.1. The third kappa shape index (κ3) is 3.59. The molecule has 4 rings (SSSR count). The molecule has 0 bridgehead atoms. The second-order valence-corrected chi connectivity index (χ2v) is 6.61. The predicted octanol–water partition coefficient (Wildman–Crippen LogP) is 4.26. The Labute approximate surface area is 161 Å². The lowest BCUT2D eigenvalue weighted by Crippen LogP contribution is -2.21. The molecule has 0 atom stereocenters. The number of ether oxygens (including phenoxy) is 1. The monoisotopic (exact) mass is 379 g/mol. The zero-order valence-electron chi connectivity index (χ0n) is 14.8. The lowest BCUT2D eigenvalue weighted by Gasteiger charge is -2.06. The Kier molecular flexibility index (Phi) is 4.69. The van der Waals surface area contributed by atoms with Crippen molar-refractivity contribution in [2.45, 2.75) is 13.5 Å². The van der Waals surface area contributed by atoms with Crippen LogP contribution in [-0.2, 0) is 6.54 Å². The van der Waals surface area contributed by atoms with Crippen LogP contribution in [0.1, 0.15) is 12.5 Å².